The molecular weight excluding hydrogens is 509 g/mol. The van der Waals surface area contributed by atoms with Crippen LogP contribution in [0, 0.1) is 0 Å². The van der Waals surface area contributed by atoms with E-state index in [4.69, 9.17) is 28.0 Å². The number of rotatable bonds is 4. The van der Waals surface area contributed by atoms with Gasteiger partial charge in [-0.25, -0.2) is 5.06 Å². The summed E-state index contributed by atoms with van der Waals surface area (Å²) in [4.78, 5) is 27.5. The number of hydrogen-bond donors (Lipinski definition) is 0. The summed E-state index contributed by atoms with van der Waals surface area (Å²) in [5.74, 6) is -0.119. The van der Waals surface area contributed by atoms with E-state index in [1.165, 1.54) is 14.2 Å². The minimum atomic E-state index is -0.234. The minimum Gasteiger partial charge on any atom is -0.294 e. The first-order valence-electron chi connectivity index (χ1n) is 7.46. The van der Waals surface area contributed by atoms with Gasteiger partial charge in [-0.05, 0) is 62.2 Å². The molecule has 0 atom stereocenters. The summed E-state index contributed by atoms with van der Waals surface area (Å²) in [5.41, 5.74) is 1.16. The fraction of sp³-hybridized carbons (Fsp3) is 0.222. The largest absolute Gasteiger partial charge is 0.294 e. The van der Waals surface area contributed by atoms with E-state index < -0.39 is 0 Å². The summed E-state index contributed by atoms with van der Waals surface area (Å²) in [6.45, 7) is 1.83. The molecule has 140 valence electrons. The first kappa shape index (κ1) is 23.1. The Labute approximate surface area is 179 Å². The molecule has 1 amide bonds. The molecule has 2 aromatic carbocycles. The van der Waals surface area contributed by atoms with E-state index in [2.05, 4.69) is 31.9 Å². The highest BCUT2D eigenvalue weighted by atomic mass is 79.9. The first-order chi connectivity index (χ1) is 12.2. The van der Waals surface area contributed by atoms with Crippen LogP contribution in [0.3, 0.4) is 0 Å². The summed E-state index contributed by atoms with van der Waals surface area (Å²) in [7, 11) is 2.97. The highest BCUT2D eigenvalue weighted by Crippen LogP contribution is 2.24. The van der Waals surface area contributed by atoms with Crippen molar-refractivity contribution in [3.8, 4) is 0 Å². The second-order valence-corrected chi connectivity index (χ2v) is 7.54. The highest BCUT2D eigenvalue weighted by molar-refractivity contribution is 9.10. The van der Waals surface area contributed by atoms with E-state index in [0.29, 0.717) is 27.6 Å². The smallest absolute Gasteiger partial charge is 0.277 e. The van der Waals surface area contributed by atoms with E-state index in [1.807, 2.05) is 6.92 Å². The molecule has 0 radical (unpaired) electrons. The van der Waals surface area contributed by atoms with Crippen molar-refractivity contribution in [3.63, 3.8) is 0 Å². The molecule has 8 heteroatoms. The third-order valence-corrected chi connectivity index (χ3v) is 5.75. The van der Waals surface area contributed by atoms with Crippen LogP contribution in [0.4, 0.5) is 0 Å². The van der Waals surface area contributed by atoms with Gasteiger partial charge < -0.3 is 0 Å². The van der Waals surface area contributed by atoms with Gasteiger partial charge in [-0.3, -0.25) is 14.4 Å². The molecule has 2 aromatic rings. The SMILES string of the molecule is CCC(=O)c1ccc(Br)c(Cl)c1.CON(C)C(=O)c1ccc(Br)c(Cl)c1. The topological polar surface area (TPSA) is 46.6 Å². The van der Waals surface area contributed by atoms with Gasteiger partial charge in [-0.15, -0.1) is 0 Å². The van der Waals surface area contributed by atoms with Crippen molar-refractivity contribution >= 4 is 66.8 Å². The molecule has 0 aliphatic heterocycles. The maximum Gasteiger partial charge on any atom is 0.277 e. The third kappa shape index (κ3) is 6.67. The molecule has 0 heterocycles. The van der Waals surface area contributed by atoms with Gasteiger partial charge >= 0.3 is 0 Å². The van der Waals surface area contributed by atoms with Crippen LogP contribution in [0.2, 0.25) is 10.0 Å². The Morgan fingerprint density at radius 3 is 1.88 bits per heavy atom. The predicted octanol–water partition coefficient (Wildman–Crippen LogP) is 6.43. The maximum absolute atomic E-state index is 11.6. The molecule has 0 saturated carbocycles. The van der Waals surface area contributed by atoms with Gasteiger partial charge in [0.1, 0.15) is 0 Å². The van der Waals surface area contributed by atoms with Gasteiger partial charge in [0.15, 0.2) is 5.78 Å². The van der Waals surface area contributed by atoms with Crippen LogP contribution < -0.4 is 0 Å². The van der Waals surface area contributed by atoms with Crippen molar-refractivity contribution in [1.29, 1.82) is 0 Å². The van der Waals surface area contributed by atoms with Crippen LogP contribution in [-0.2, 0) is 4.84 Å². The van der Waals surface area contributed by atoms with Gasteiger partial charge in [-0.2, -0.15) is 0 Å². The number of halogens is 4. The molecule has 0 bridgehead atoms. The Kier molecular flexibility index (Phi) is 9.82. The Hall–Kier alpha value is -0.920. The highest BCUT2D eigenvalue weighted by Gasteiger charge is 2.12. The van der Waals surface area contributed by atoms with E-state index in [9.17, 15) is 9.59 Å². The molecule has 0 fully saturated rings. The first-order valence-corrected chi connectivity index (χ1v) is 9.80. The Balaban J connectivity index is 0.000000263. The number of hydrogen-bond acceptors (Lipinski definition) is 3. The average Bonchev–Trinajstić information content (AvgIpc) is 2.64. The fourth-order valence-corrected chi connectivity index (χ4v) is 2.62. The summed E-state index contributed by atoms with van der Waals surface area (Å²) in [6.07, 6.45) is 0.512. The Bertz CT molecular complexity index is 800. The lowest BCUT2D eigenvalue weighted by atomic mass is 10.1. The monoisotopic (exact) mass is 523 g/mol. The number of benzene rings is 2. The number of nitrogens with zero attached hydrogens (tertiary/aromatic N) is 1. The summed E-state index contributed by atoms with van der Waals surface area (Å²) < 4.78 is 1.58. The Morgan fingerprint density at radius 1 is 1.00 bits per heavy atom. The average molecular weight is 526 g/mol. The van der Waals surface area contributed by atoms with E-state index in [0.717, 1.165) is 14.0 Å². The van der Waals surface area contributed by atoms with Crippen LogP contribution in [0.5, 0.6) is 0 Å². The van der Waals surface area contributed by atoms with Crippen molar-refractivity contribution in [2.24, 2.45) is 0 Å². The van der Waals surface area contributed by atoms with Crippen LogP contribution in [0.25, 0.3) is 0 Å². The number of carbonyl (C=O) groups excluding carboxylic acids is 2. The number of carbonyl (C=O) groups is 2. The van der Waals surface area contributed by atoms with Crippen LogP contribution >= 0.6 is 55.1 Å². The molecule has 4 nitrogen and oxygen atoms in total. The van der Waals surface area contributed by atoms with Gasteiger partial charge in [0.25, 0.3) is 5.91 Å². The van der Waals surface area contributed by atoms with Gasteiger partial charge in [0, 0.05) is 33.5 Å². The number of hydroxylamine groups is 2. The van der Waals surface area contributed by atoms with E-state index in [-0.39, 0.29) is 11.7 Å². The van der Waals surface area contributed by atoms with Gasteiger partial charge in [-0.1, -0.05) is 36.2 Å². The van der Waals surface area contributed by atoms with E-state index >= 15 is 0 Å². The lowest BCUT2D eigenvalue weighted by molar-refractivity contribution is -0.0756. The predicted molar refractivity (Wildman–Crippen MR) is 112 cm³/mol. The molecule has 0 aliphatic rings. The molecule has 0 spiro atoms. The number of ketones is 1. The third-order valence-electron chi connectivity index (χ3n) is 3.29. The zero-order chi connectivity index (χ0) is 19.9. The molecule has 2 rings (SSSR count). The molecule has 26 heavy (non-hydrogen) atoms. The molecule has 0 saturated heterocycles. The zero-order valence-corrected chi connectivity index (χ0v) is 19.0. The minimum absolute atomic E-state index is 0.115. The maximum atomic E-state index is 11.6. The van der Waals surface area contributed by atoms with Crippen molar-refractivity contribution in [3.05, 3.63) is 66.5 Å². The van der Waals surface area contributed by atoms with Crippen molar-refractivity contribution in [2.75, 3.05) is 14.2 Å². The molecule has 0 N–H and O–H groups in total. The van der Waals surface area contributed by atoms with Crippen LogP contribution in [-0.4, -0.2) is 30.9 Å². The molecule has 0 unspecified atom stereocenters. The fourth-order valence-electron chi connectivity index (χ4n) is 1.77. The molecular formula is C18H17Br2Cl2NO3. The van der Waals surface area contributed by atoms with Crippen LogP contribution in [0.1, 0.15) is 34.1 Å². The van der Waals surface area contributed by atoms with Crippen molar-refractivity contribution in [2.45, 2.75) is 13.3 Å². The second-order valence-electron chi connectivity index (χ2n) is 5.02. The summed E-state index contributed by atoms with van der Waals surface area (Å²) >= 11 is 18.2. The number of Topliss-reactive ketones (excluding diaryl/α,β-unsaturated/α-hetero) is 1. The van der Waals surface area contributed by atoms with E-state index in [1.54, 1.807) is 36.4 Å². The number of amides is 1. The van der Waals surface area contributed by atoms with Gasteiger partial charge in [0.05, 0.1) is 17.2 Å². The Morgan fingerprint density at radius 2 is 1.46 bits per heavy atom. The normalized spacial score (nSPS) is 9.96. The standard InChI is InChI=1S/C9H9BrClNO2.C9H8BrClO/c1-12(14-2)9(13)6-3-4-7(10)8(11)5-6;1-2-9(12)6-3-4-7(10)8(11)5-6/h3-5H,1-2H3;3-5H,2H2,1H3. The van der Waals surface area contributed by atoms with Crippen LogP contribution in [0.15, 0.2) is 45.3 Å². The molecule has 0 aliphatic carbocycles. The molecule has 0 aromatic heterocycles. The summed E-state index contributed by atoms with van der Waals surface area (Å²) in [6, 6.07) is 10.2. The second kappa shape index (κ2) is 11.0. The zero-order valence-electron chi connectivity index (χ0n) is 14.4. The quantitative estimate of drug-likeness (QED) is 0.341. The van der Waals surface area contributed by atoms with Crippen molar-refractivity contribution < 1.29 is 14.4 Å². The lowest BCUT2D eigenvalue weighted by Crippen LogP contribution is -2.25. The van der Waals surface area contributed by atoms with Gasteiger partial charge in [0.2, 0.25) is 0 Å². The van der Waals surface area contributed by atoms with Crippen molar-refractivity contribution in [1.82, 2.24) is 5.06 Å². The lowest BCUT2D eigenvalue weighted by Gasteiger charge is -2.13. The summed E-state index contributed by atoms with van der Waals surface area (Å²) in [5, 5.41) is 2.22.